The van der Waals surface area contributed by atoms with Gasteiger partial charge in [0.25, 0.3) is 0 Å². The molecule has 0 aliphatic heterocycles. The highest BCUT2D eigenvalue weighted by Gasteiger charge is 2.33. The first kappa shape index (κ1) is 22.3. The molecule has 0 amide bonds. The van der Waals surface area contributed by atoms with Crippen LogP contribution in [0.2, 0.25) is 0 Å². The zero-order valence-electron chi connectivity index (χ0n) is 18.8. The molecule has 2 unspecified atom stereocenters. The zero-order valence-corrected chi connectivity index (χ0v) is 18.8. The van der Waals surface area contributed by atoms with E-state index in [9.17, 15) is 5.11 Å². The third-order valence-electron chi connectivity index (χ3n) is 6.18. The molecular weight excluding hydrogens is 380 g/mol. The number of rotatable bonds is 8. The van der Waals surface area contributed by atoms with Gasteiger partial charge < -0.3 is 24.1 Å². The Kier molecular flexibility index (Phi) is 7.48. The molecule has 164 valence electrons. The molecular formula is C25H34O5. The van der Waals surface area contributed by atoms with Crippen LogP contribution in [0, 0.1) is 0 Å². The predicted molar refractivity (Wildman–Crippen MR) is 118 cm³/mol. The smallest absolute Gasteiger partial charge is 0.125 e. The molecule has 0 bridgehead atoms. The Labute approximate surface area is 179 Å². The van der Waals surface area contributed by atoms with Crippen LogP contribution in [0.1, 0.15) is 66.9 Å². The largest absolute Gasteiger partial charge is 0.496 e. The van der Waals surface area contributed by atoms with Gasteiger partial charge in [0, 0.05) is 28.7 Å². The maximum atomic E-state index is 11.4. The minimum Gasteiger partial charge on any atom is -0.496 e. The molecule has 5 nitrogen and oxygen atoms in total. The van der Waals surface area contributed by atoms with Gasteiger partial charge in [0.05, 0.1) is 34.5 Å². The fourth-order valence-electron chi connectivity index (χ4n) is 4.73. The summed E-state index contributed by atoms with van der Waals surface area (Å²) in [5.41, 5.74) is 3.98. The molecule has 1 aliphatic rings. The van der Waals surface area contributed by atoms with Crippen molar-refractivity contribution in [2.45, 2.75) is 57.5 Å². The average molecular weight is 415 g/mol. The van der Waals surface area contributed by atoms with E-state index in [-0.39, 0.29) is 5.92 Å². The zero-order chi connectivity index (χ0) is 21.7. The molecule has 5 heteroatoms. The van der Waals surface area contributed by atoms with E-state index in [2.05, 4.69) is 6.92 Å². The van der Waals surface area contributed by atoms with Gasteiger partial charge in [-0.3, -0.25) is 0 Å². The van der Waals surface area contributed by atoms with Crippen molar-refractivity contribution >= 4 is 0 Å². The fourth-order valence-corrected chi connectivity index (χ4v) is 4.73. The maximum absolute atomic E-state index is 11.4. The third-order valence-corrected chi connectivity index (χ3v) is 6.18. The monoisotopic (exact) mass is 414 g/mol. The van der Waals surface area contributed by atoms with Crippen LogP contribution in [-0.4, -0.2) is 33.5 Å². The number of ether oxygens (including phenoxy) is 4. The summed E-state index contributed by atoms with van der Waals surface area (Å²) in [6.45, 7) is 2.21. The SMILES string of the molecule is CCCCCC1Cc2c(OC)ccc(OC)c2CC(O)c2c(OC)ccc(OC)c21. The van der Waals surface area contributed by atoms with Crippen molar-refractivity contribution in [1.82, 2.24) is 0 Å². The lowest BCUT2D eigenvalue weighted by atomic mass is 9.77. The molecule has 2 atom stereocenters. The Hall–Kier alpha value is -2.40. The second-order valence-corrected chi connectivity index (χ2v) is 7.84. The van der Waals surface area contributed by atoms with Crippen molar-refractivity contribution in [3.05, 3.63) is 46.5 Å². The van der Waals surface area contributed by atoms with Crippen molar-refractivity contribution in [1.29, 1.82) is 0 Å². The van der Waals surface area contributed by atoms with Crippen LogP contribution in [0.5, 0.6) is 23.0 Å². The van der Waals surface area contributed by atoms with E-state index >= 15 is 0 Å². The Bertz CT molecular complexity index is 861. The summed E-state index contributed by atoms with van der Waals surface area (Å²) in [6.07, 6.45) is 4.92. The molecule has 30 heavy (non-hydrogen) atoms. The van der Waals surface area contributed by atoms with Crippen LogP contribution in [0.4, 0.5) is 0 Å². The molecule has 1 N–H and O–H groups in total. The van der Waals surface area contributed by atoms with Crippen molar-refractivity contribution < 1.29 is 24.1 Å². The second kappa shape index (κ2) is 10.1. The maximum Gasteiger partial charge on any atom is 0.125 e. The number of aliphatic hydroxyl groups excluding tert-OH is 1. The number of hydrogen-bond acceptors (Lipinski definition) is 5. The Morgan fingerprint density at radius 1 is 0.733 bits per heavy atom. The molecule has 0 heterocycles. The quantitative estimate of drug-likeness (QED) is 0.601. The predicted octanol–water partition coefficient (Wildman–Crippen LogP) is 5.22. The summed E-state index contributed by atoms with van der Waals surface area (Å²) in [5.74, 6) is 3.29. The lowest BCUT2D eigenvalue weighted by Gasteiger charge is -2.31. The van der Waals surface area contributed by atoms with Crippen molar-refractivity contribution in [2.75, 3.05) is 28.4 Å². The lowest BCUT2D eigenvalue weighted by Crippen LogP contribution is -2.19. The average Bonchev–Trinajstić information content (AvgIpc) is 2.77. The lowest BCUT2D eigenvalue weighted by molar-refractivity contribution is 0.168. The van der Waals surface area contributed by atoms with Gasteiger partial charge in [-0.2, -0.15) is 0 Å². The van der Waals surface area contributed by atoms with Gasteiger partial charge in [-0.05, 0) is 43.0 Å². The first-order valence-electron chi connectivity index (χ1n) is 10.7. The van der Waals surface area contributed by atoms with E-state index in [0.717, 1.165) is 65.2 Å². The first-order chi connectivity index (χ1) is 14.6. The van der Waals surface area contributed by atoms with Crippen molar-refractivity contribution in [2.24, 2.45) is 0 Å². The molecule has 2 aromatic carbocycles. The summed E-state index contributed by atoms with van der Waals surface area (Å²) in [4.78, 5) is 0. The number of fused-ring (bicyclic) bond motifs is 2. The van der Waals surface area contributed by atoms with Gasteiger partial charge in [-0.15, -0.1) is 0 Å². The summed E-state index contributed by atoms with van der Waals surface area (Å²) >= 11 is 0. The molecule has 0 saturated heterocycles. The van der Waals surface area contributed by atoms with Gasteiger partial charge in [-0.25, -0.2) is 0 Å². The van der Waals surface area contributed by atoms with Gasteiger partial charge in [0.2, 0.25) is 0 Å². The molecule has 0 spiro atoms. The van der Waals surface area contributed by atoms with Gasteiger partial charge >= 0.3 is 0 Å². The molecule has 0 aromatic heterocycles. The summed E-state index contributed by atoms with van der Waals surface area (Å²) in [6, 6.07) is 7.71. The second-order valence-electron chi connectivity index (χ2n) is 7.84. The number of benzene rings is 2. The van der Waals surface area contributed by atoms with Crippen molar-refractivity contribution in [3.8, 4) is 23.0 Å². The first-order valence-corrected chi connectivity index (χ1v) is 10.7. The molecule has 0 radical (unpaired) electrons. The summed E-state index contributed by atoms with van der Waals surface area (Å²) in [5, 5.41) is 11.4. The summed E-state index contributed by atoms with van der Waals surface area (Å²) in [7, 11) is 6.70. The topological polar surface area (TPSA) is 57.2 Å². The van der Waals surface area contributed by atoms with Crippen molar-refractivity contribution in [3.63, 3.8) is 0 Å². The number of unbranched alkanes of at least 4 members (excludes halogenated alkanes) is 2. The van der Waals surface area contributed by atoms with E-state index in [4.69, 9.17) is 18.9 Å². The minimum absolute atomic E-state index is 0.173. The Morgan fingerprint density at radius 2 is 1.23 bits per heavy atom. The highest BCUT2D eigenvalue weighted by molar-refractivity contribution is 5.57. The standard InChI is InChI=1S/C25H34O5/c1-6-7-8-9-16-14-17-18(21(28-3)11-10-20(17)27-2)15-19(26)25-23(30-5)13-12-22(29-4)24(16)25/h10-13,16,19,26H,6-9,14-15H2,1-5H3. The molecule has 0 saturated carbocycles. The van der Waals surface area contributed by atoms with E-state index in [1.165, 1.54) is 6.42 Å². The molecule has 3 rings (SSSR count). The summed E-state index contributed by atoms with van der Waals surface area (Å²) < 4.78 is 22.8. The highest BCUT2D eigenvalue weighted by Crippen LogP contribution is 2.48. The van der Waals surface area contributed by atoms with Gasteiger partial charge in [0.15, 0.2) is 0 Å². The van der Waals surface area contributed by atoms with Crippen LogP contribution < -0.4 is 18.9 Å². The van der Waals surface area contributed by atoms with Crippen LogP contribution >= 0.6 is 0 Å². The number of hydrogen-bond donors (Lipinski definition) is 1. The van der Waals surface area contributed by atoms with Crippen LogP contribution in [-0.2, 0) is 12.8 Å². The highest BCUT2D eigenvalue weighted by atomic mass is 16.5. The fraction of sp³-hybridized carbons (Fsp3) is 0.520. The van der Waals surface area contributed by atoms with Crippen LogP contribution in [0.25, 0.3) is 0 Å². The van der Waals surface area contributed by atoms with Gasteiger partial charge in [0.1, 0.15) is 23.0 Å². The van der Waals surface area contributed by atoms with Gasteiger partial charge in [-0.1, -0.05) is 26.2 Å². The van der Waals surface area contributed by atoms with E-state index in [0.29, 0.717) is 12.2 Å². The minimum atomic E-state index is -0.737. The molecule has 0 fully saturated rings. The van der Waals surface area contributed by atoms with E-state index in [1.807, 2.05) is 24.3 Å². The van der Waals surface area contributed by atoms with E-state index < -0.39 is 6.10 Å². The Balaban J connectivity index is 2.23. The Morgan fingerprint density at radius 3 is 1.77 bits per heavy atom. The van der Waals surface area contributed by atoms with Crippen LogP contribution in [0.3, 0.4) is 0 Å². The normalized spacial score (nSPS) is 17.9. The number of aliphatic hydroxyl groups is 1. The van der Waals surface area contributed by atoms with E-state index in [1.54, 1.807) is 28.4 Å². The van der Waals surface area contributed by atoms with Crippen LogP contribution in [0.15, 0.2) is 24.3 Å². The number of methoxy groups -OCH3 is 4. The third kappa shape index (κ3) is 4.22. The molecule has 2 aromatic rings. The molecule has 1 aliphatic carbocycles.